The Labute approximate surface area is 134 Å². The smallest absolute Gasteiger partial charge is 0.254 e. The Hall–Kier alpha value is -1.46. The Balaban J connectivity index is 2.23. The van der Waals surface area contributed by atoms with Gasteiger partial charge in [-0.2, -0.15) is 0 Å². The van der Waals surface area contributed by atoms with Crippen molar-refractivity contribution in [1.29, 1.82) is 0 Å². The van der Waals surface area contributed by atoms with Gasteiger partial charge in [0.25, 0.3) is 5.91 Å². The van der Waals surface area contributed by atoms with Crippen LogP contribution in [0, 0.1) is 11.6 Å². The second kappa shape index (κ2) is 7.00. The van der Waals surface area contributed by atoms with Crippen LogP contribution in [0.4, 0.5) is 8.78 Å². The van der Waals surface area contributed by atoms with Crippen LogP contribution in [0.2, 0.25) is 5.02 Å². The third-order valence-corrected chi connectivity index (χ3v) is 3.85. The lowest BCUT2D eigenvalue weighted by atomic mass is 10.1. The number of benzene rings is 2. The molecule has 2 aromatic rings. The maximum atomic E-state index is 13.7. The average molecular weight is 375 g/mol. The highest BCUT2D eigenvalue weighted by Crippen LogP contribution is 2.21. The van der Waals surface area contributed by atoms with Crippen molar-refractivity contribution in [3.05, 3.63) is 70.2 Å². The quantitative estimate of drug-likeness (QED) is 0.620. The van der Waals surface area contributed by atoms with Crippen molar-refractivity contribution in [1.82, 2.24) is 5.32 Å². The van der Waals surface area contributed by atoms with Gasteiger partial charge >= 0.3 is 0 Å². The van der Waals surface area contributed by atoms with Gasteiger partial charge in [-0.05, 0) is 17.7 Å². The third-order valence-electron chi connectivity index (χ3n) is 2.92. The van der Waals surface area contributed by atoms with Crippen LogP contribution in [0.3, 0.4) is 0 Å². The van der Waals surface area contributed by atoms with E-state index in [2.05, 4.69) is 21.2 Å². The lowest BCUT2D eigenvalue weighted by molar-refractivity contribution is 0.0936. The van der Waals surface area contributed by atoms with E-state index in [-0.39, 0.29) is 16.6 Å². The molecule has 0 fully saturated rings. The van der Waals surface area contributed by atoms with E-state index in [1.807, 2.05) is 30.3 Å². The zero-order valence-electron chi connectivity index (χ0n) is 10.7. The first-order chi connectivity index (χ1) is 10.0. The summed E-state index contributed by atoms with van der Waals surface area (Å²) in [6.07, 6.45) is 0. The summed E-state index contributed by atoms with van der Waals surface area (Å²) in [5.74, 6) is -2.39. The summed E-state index contributed by atoms with van der Waals surface area (Å²) < 4.78 is 27.1. The van der Waals surface area contributed by atoms with E-state index in [1.165, 1.54) is 0 Å². The van der Waals surface area contributed by atoms with Crippen molar-refractivity contribution in [2.24, 2.45) is 0 Å². The van der Waals surface area contributed by atoms with Gasteiger partial charge in [-0.1, -0.05) is 57.9 Å². The number of hydrogen-bond acceptors (Lipinski definition) is 1. The van der Waals surface area contributed by atoms with Gasteiger partial charge in [0, 0.05) is 5.33 Å². The van der Waals surface area contributed by atoms with E-state index in [0.29, 0.717) is 5.33 Å². The maximum Gasteiger partial charge on any atom is 0.254 e. The van der Waals surface area contributed by atoms with E-state index >= 15 is 0 Å². The number of carbonyl (C=O) groups excluding carboxylic acids is 1. The van der Waals surface area contributed by atoms with Gasteiger partial charge in [-0.15, -0.1) is 0 Å². The molecule has 6 heteroatoms. The van der Waals surface area contributed by atoms with E-state index in [0.717, 1.165) is 17.7 Å². The molecule has 2 rings (SSSR count). The summed E-state index contributed by atoms with van der Waals surface area (Å²) in [6, 6.07) is 10.4. The third kappa shape index (κ3) is 3.80. The number of halogens is 4. The summed E-state index contributed by atoms with van der Waals surface area (Å²) in [4.78, 5) is 12.1. The molecule has 2 aromatic carbocycles. The van der Waals surface area contributed by atoms with Crippen molar-refractivity contribution in [2.45, 2.75) is 6.04 Å². The molecule has 0 saturated heterocycles. The first kappa shape index (κ1) is 15.9. The summed E-state index contributed by atoms with van der Waals surface area (Å²) in [7, 11) is 0. The van der Waals surface area contributed by atoms with Crippen molar-refractivity contribution in [3.63, 3.8) is 0 Å². The number of amides is 1. The van der Waals surface area contributed by atoms with Gasteiger partial charge in [0.05, 0.1) is 16.6 Å². The molecule has 110 valence electrons. The van der Waals surface area contributed by atoms with Gasteiger partial charge in [0.15, 0.2) is 0 Å². The summed E-state index contributed by atoms with van der Waals surface area (Å²) in [6.45, 7) is 0. The van der Waals surface area contributed by atoms with Gasteiger partial charge in [-0.25, -0.2) is 8.78 Å². The van der Waals surface area contributed by atoms with Gasteiger partial charge in [-0.3, -0.25) is 4.79 Å². The molecule has 0 aliphatic carbocycles. The monoisotopic (exact) mass is 373 g/mol. The minimum Gasteiger partial charge on any atom is -0.344 e. The van der Waals surface area contributed by atoms with E-state index in [1.54, 1.807) is 0 Å². The van der Waals surface area contributed by atoms with Crippen LogP contribution < -0.4 is 5.32 Å². The summed E-state index contributed by atoms with van der Waals surface area (Å²) in [5, 5.41) is 2.74. The van der Waals surface area contributed by atoms with Crippen LogP contribution in [-0.4, -0.2) is 11.2 Å². The SMILES string of the molecule is O=C(NC(CBr)c1ccccc1)c1cc(F)c(Cl)cc1F. The Morgan fingerprint density at radius 1 is 1.19 bits per heavy atom. The number of alkyl halides is 1. The van der Waals surface area contributed by atoms with E-state index in [9.17, 15) is 13.6 Å². The largest absolute Gasteiger partial charge is 0.344 e. The molecule has 2 nitrogen and oxygen atoms in total. The van der Waals surface area contributed by atoms with Crippen molar-refractivity contribution >= 4 is 33.4 Å². The zero-order chi connectivity index (χ0) is 15.4. The molecule has 0 aliphatic heterocycles. The molecule has 0 aliphatic rings. The lowest BCUT2D eigenvalue weighted by Crippen LogP contribution is -2.30. The number of rotatable bonds is 4. The molecular formula is C15H11BrClF2NO. The molecule has 0 heterocycles. The second-order valence-electron chi connectivity index (χ2n) is 4.34. The molecule has 0 spiro atoms. The highest BCUT2D eigenvalue weighted by Gasteiger charge is 2.19. The van der Waals surface area contributed by atoms with Gasteiger partial charge in [0.2, 0.25) is 0 Å². The fraction of sp³-hybridized carbons (Fsp3) is 0.133. The molecule has 0 aromatic heterocycles. The minimum absolute atomic E-state index is 0.350. The van der Waals surface area contributed by atoms with Crippen LogP contribution in [0.1, 0.15) is 22.0 Å². The predicted octanol–water partition coefficient (Wildman–Crippen LogP) is 4.48. The van der Waals surface area contributed by atoms with Crippen LogP contribution in [-0.2, 0) is 0 Å². The van der Waals surface area contributed by atoms with E-state index < -0.39 is 17.5 Å². The van der Waals surface area contributed by atoms with Gasteiger partial charge in [0.1, 0.15) is 11.6 Å². The van der Waals surface area contributed by atoms with Gasteiger partial charge < -0.3 is 5.32 Å². The number of carbonyl (C=O) groups is 1. The molecule has 0 saturated carbocycles. The number of hydrogen-bond donors (Lipinski definition) is 1. The first-order valence-electron chi connectivity index (χ1n) is 6.09. The molecule has 1 amide bonds. The van der Waals surface area contributed by atoms with Crippen molar-refractivity contribution in [3.8, 4) is 0 Å². The highest BCUT2D eigenvalue weighted by atomic mass is 79.9. The molecule has 1 unspecified atom stereocenters. The lowest BCUT2D eigenvalue weighted by Gasteiger charge is -2.17. The van der Waals surface area contributed by atoms with E-state index in [4.69, 9.17) is 11.6 Å². The molecular weight excluding hydrogens is 364 g/mol. The van der Waals surface area contributed by atoms with Crippen molar-refractivity contribution in [2.75, 3.05) is 5.33 Å². The predicted molar refractivity (Wildman–Crippen MR) is 81.8 cm³/mol. The zero-order valence-corrected chi connectivity index (χ0v) is 13.1. The second-order valence-corrected chi connectivity index (χ2v) is 5.39. The van der Waals surface area contributed by atoms with Crippen LogP contribution in [0.15, 0.2) is 42.5 Å². The Bertz CT molecular complexity index is 652. The minimum atomic E-state index is -0.861. The normalized spacial score (nSPS) is 12.0. The Morgan fingerprint density at radius 2 is 1.86 bits per heavy atom. The first-order valence-corrected chi connectivity index (χ1v) is 7.59. The molecule has 21 heavy (non-hydrogen) atoms. The maximum absolute atomic E-state index is 13.7. The molecule has 1 atom stereocenters. The van der Waals surface area contributed by atoms with Crippen LogP contribution in [0.5, 0.6) is 0 Å². The van der Waals surface area contributed by atoms with Crippen LogP contribution >= 0.6 is 27.5 Å². The average Bonchev–Trinajstić information content (AvgIpc) is 2.49. The highest BCUT2D eigenvalue weighted by molar-refractivity contribution is 9.09. The molecule has 1 N–H and O–H groups in total. The summed E-state index contributed by atoms with van der Waals surface area (Å²) >= 11 is 8.76. The fourth-order valence-electron chi connectivity index (χ4n) is 1.83. The molecule has 0 radical (unpaired) electrons. The Morgan fingerprint density at radius 3 is 2.48 bits per heavy atom. The standard InChI is InChI=1S/C15H11BrClF2NO/c16-8-14(9-4-2-1-3-5-9)20-15(21)10-6-13(19)11(17)7-12(10)18/h1-7,14H,8H2,(H,20,21). The Kier molecular flexibility index (Phi) is 5.31. The van der Waals surface area contributed by atoms with Crippen LogP contribution in [0.25, 0.3) is 0 Å². The summed E-state index contributed by atoms with van der Waals surface area (Å²) in [5.41, 5.74) is 0.483. The fourth-order valence-corrected chi connectivity index (χ4v) is 2.51. The topological polar surface area (TPSA) is 29.1 Å². The van der Waals surface area contributed by atoms with Crippen molar-refractivity contribution < 1.29 is 13.6 Å². The number of nitrogens with one attached hydrogen (secondary N) is 1. The molecule has 0 bridgehead atoms.